The van der Waals surface area contributed by atoms with E-state index in [0.717, 1.165) is 38.6 Å². The molecule has 250 valence electrons. The van der Waals surface area contributed by atoms with Gasteiger partial charge in [-0.3, -0.25) is 9.59 Å². The van der Waals surface area contributed by atoms with Crippen molar-refractivity contribution in [2.24, 2.45) is 5.92 Å². The average molecular weight is 593 g/mol. The Morgan fingerprint density at radius 3 is 1.19 bits per heavy atom. The molecule has 0 aromatic rings. The summed E-state index contributed by atoms with van der Waals surface area (Å²) in [6.45, 7) is 9.71. The topological polar surface area (TPSA) is 58.2 Å². The van der Waals surface area contributed by atoms with Gasteiger partial charge in [0.25, 0.3) is 0 Å². The predicted molar refractivity (Wildman–Crippen MR) is 185 cm³/mol. The lowest BCUT2D eigenvalue weighted by atomic mass is 9.98. The summed E-state index contributed by atoms with van der Waals surface area (Å²) in [4.78, 5) is 24.7. The van der Waals surface area contributed by atoms with Gasteiger partial charge in [0, 0.05) is 25.4 Å². The highest BCUT2D eigenvalue weighted by molar-refractivity contribution is 5.76. The number of amides is 2. The zero-order valence-corrected chi connectivity index (χ0v) is 29.2. The van der Waals surface area contributed by atoms with Crippen LogP contribution in [0.2, 0.25) is 0 Å². The van der Waals surface area contributed by atoms with E-state index in [1.807, 2.05) is 0 Å². The standard InChI is InChI=1S/C38H76N2O2/c1-5-7-9-11-13-15-17-18-20-22-24-26-28-33-38(42)40-36(35(3)4)31-29-30-34-39-37(41)32-27-25-23-21-19-16-14-12-10-8-6-2/h35-36H,5-34H2,1-4H3,(H,39,41)(H,40,42)/t36-/m0/s1. The van der Waals surface area contributed by atoms with Gasteiger partial charge in [-0.1, -0.05) is 169 Å². The van der Waals surface area contributed by atoms with Gasteiger partial charge in [-0.05, 0) is 38.0 Å². The van der Waals surface area contributed by atoms with E-state index in [4.69, 9.17) is 0 Å². The van der Waals surface area contributed by atoms with Crippen LogP contribution in [0.1, 0.15) is 214 Å². The largest absolute Gasteiger partial charge is 0.356 e. The Morgan fingerprint density at radius 2 is 0.810 bits per heavy atom. The fourth-order valence-electron chi connectivity index (χ4n) is 5.91. The van der Waals surface area contributed by atoms with Crippen LogP contribution in [0, 0.1) is 5.92 Å². The molecule has 2 amide bonds. The van der Waals surface area contributed by atoms with Crippen molar-refractivity contribution >= 4 is 11.8 Å². The van der Waals surface area contributed by atoms with Crippen LogP contribution in [0.3, 0.4) is 0 Å². The van der Waals surface area contributed by atoms with Gasteiger partial charge in [-0.15, -0.1) is 0 Å². The van der Waals surface area contributed by atoms with Gasteiger partial charge >= 0.3 is 0 Å². The summed E-state index contributed by atoms with van der Waals surface area (Å²) in [6.07, 6.45) is 36.1. The Kier molecular flexibility index (Phi) is 32.0. The third-order valence-corrected chi connectivity index (χ3v) is 8.93. The van der Waals surface area contributed by atoms with Gasteiger partial charge in [0.1, 0.15) is 0 Å². The minimum atomic E-state index is 0.206. The molecule has 0 rings (SSSR count). The Balaban J connectivity index is 3.62. The summed E-state index contributed by atoms with van der Waals surface area (Å²) in [5, 5.41) is 6.40. The molecule has 0 radical (unpaired) electrons. The maximum atomic E-state index is 12.5. The highest BCUT2D eigenvalue weighted by Crippen LogP contribution is 2.15. The Bertz CT molecular complexity index is 577. The van der Waals surface area contributed by atoms with Crippen LogP contribution in [0.5, 0.6) is 0 Å². The van der Waals surface area contributed by atoms with Crippen molar-refractivity contribution in [2.45, 2.75) is 220 Å². The van der Waals surface area contributed by atoms with E-state index < -0.39 is 0 Å². The third-order valence-electron chi connectivity index (χ3n) is 8.93. The number of carbonyl (C=O) groups excluding carboxylic acids is 2. The molecule has 0 aromatic carbocycles. The van der Waals surface area contributed by atoms with Gasteiger partial charge < -0.3 is 10.6 Å². The molecule has 42 heavy (non-hydrogen) atoms. The van der Waals surface area contributed by atoms with E-state index in [1.54, 1.807) is 0 Å². The van der Waals surface area contributed by atoms with Crippen LogP contribution < -0.4 is 10.6 Å². The summed E-state index contributed by atoms with van der Waals surface area (Å²) in [5.41, 5.74) is 0. The lowest BCUT2D eigenvalue weighted by molar-refractivity contribution is -0.122. The zero-order valence-electron chi connectivity index (χ0n) is 29.2. The molecule has 0 aliphatic heterocycles. The first kappa shape index (κ1) is 40.9. The fraction of sp³-hybridized carbons (Fsp3) is 0.947. The first-order valence-electron chi connectivity index (χ1n) is 19.1. The van der Waals surface area contributed by atoms with Gasteiger partial charge in [0.05, 0.1) is 0 Å². The van der Waals surface area contributed by atoms with Crippen molar-refractivity contribution in [2.75, 3.05) is 6.54 Å². The molecule has 0 saturated carbocycles. The highest BCUT2D eigenvalue weighted by Gasteiger charge is 2.15. The number of unbranched alkanes of at least 4 members (excludes halogenated alkanes) is 23. The number of hydrogen-bond donors (Lipinski definition) is 2. The number of rotatable bonds is 33. The fourth-order valence-corrected chi connectivity index (χ4v) is 5.91. The lowest BCUT2D eigenvalue weighted by Gasteiger charge is -2.22. The van der Waals surface area contributed by atoms with E-state index in [1.165, 1.54) is 141 Å². The summed E-state index contributed by atoms with van der Waals surface area (Å²) in [6, 6.07) is 0.242. The second-order valence-corrected chi connectivity index (χ2v) is 13.5. The van der Waals surface area contributed by atoms with Gasteiger partial charge in [0.15, 0.2) is 0 Å². The molecule has 0 bridgehead atoms. The predicted octanol–water partition coefficient (Wildman–Crippen LogP) is 11.6. The molecule has 0 aliphatic carbocycles. The van der Waals surface area contributed by atoms with Crippen LogP contribution in [0.4, 0.5) is 0 Å². The van der Waals surface area contributed by atoms with E-state index in [0.29, 0.717) is 18.8 Å². The van der Waals surface area contributed by atoms with Gasteiger partial charge in [-0.2, -0.15) is 0 Å². The Hall–Kier alpha value is -1.06. The van der Waals surface area contributed by atoms with Crippen LogP contribution in [0.15, 0.2) is 0 Å². The van der Waals surface area contributed by atoms with Crippen LogP contribution >= 0.6 is 0 Å². The summed E-state index contributed by atoms with van der Waals surface area (Å²) in [5.74, 6) is 0.866. The van der Waals surface area contributed by atoms with Crippen molar-refractivity contribution in [1.29, 1.82) is 0 Å². The Morgan fingerprint density at radius 1 is 0.452 bits per heavy atom. The van der Waals surface area contributed by atoms with E-state index in [2.05, 4.69) is 38.3 Å². The highest BCUT2D eigenvalue weighted by atomic mass is 16.2. The first-order valence-corrected chi connectivity index (χ1v) is 19.1. The number of nitrogens with one attached hydrogen (secondary N) is 2. The van der Waals surface area contributed by atoms with E-state index in [9.17, 15) is 9.59 Å². The molecule has 4 heteroatoms. The van der Waals surface area contributed by atoms with Crippen molar-refractivity contribution in [3.63, 3.8) is 0 Å². The minimum Gasteiger partial charge on any atom is -0.356 e. The molecule has 0 heterocycles. The van der Waals surface area contributed by atoms with Crippen molar-refractivity contribution < 1.29 is 9.59 Å². The van der Waals surface area contributed by atoms with E-state index >= 15 is 0 Å². The van der Waals surface area contributed by atoms with Gasteiger partial charge in [-0.25, -0.2) is 0 Å². The van der Waals surface area contributed by atoms with Crippen molar-refractivity contribution in [3.8, 4) is 0 Å². The molecule has 1 atom stereocenters. The molecule has 0 saturated heterocycles. The van der Waals surface area contributed by atoms with Gasteiger partial charge in [0.2, 0.25) is 11.8 Å². The summed E-state index contributed by atoms with van der Waals surface area (Å²) >= 11 is 0. The molecule has 4 nitrogen and oxygen atoms in total. The third kappa shape index (κ3) is 30.4. The monoisotopic (exact) mass is 593 g/mol. The molecular formula is C38H76N2O2. The normalized spacial score (nSPS) is 12.1. The molecule has 0 unspecified atom stereocenters. The molecule has 0 spiro atoms. The van der Waals surface area contributed by atoms with Crippen molar-refractivity contribution in [1.82, 2.24) is 10.6 Å². The summed E-state index contributed by atoms with van der Waals surface area (Å²) in [7, 11) is 0. The summed E-state index contributed by atoms with van der Waals surface area (Å²) < 4.78 is 0. The molecule has 0 aromatic heterocycles. The minimum absolute atomic E-state index is 0.206. The molecule has 0 fully saturated rings. The van der Waals surface area contributed by atoms with Crippen molar-refractivity contribution in [3.05, 3.63) is 0 Å². The number of carbonyl (C=O) groups is 2. The quantitative estimate of drug-likeness (QED) is 0.0745. The zero-order chi connectivity index (χ0) is 30.9. The SMILES string of the molecule is CCCCCCCCCCCCCCCC(=O)N[C@@H](CCCCNC(=O)CCCCCCCCCCCCC)C(C)C. The smallest absolute Gasteiger partial charge is 0.220 e. The second kappa shape index (κ2) is 32.8. The van der Waals surface area contributed by atoms with E-state index in [-0.39, 0.29) is 17.9 Å². The first-order chi connectivity index (χ1) is 20.5. The maximum Gasteiger partial charge on any atom is 0.220 e. The van der Waals surface area contributed by atoms with Crippen LogP contribution in [-0.2, 0) is 9.59 Å². The van der Waals surface area contributed by atoms with Crippen LogP contribution in [-0.4, -0.2) is 24.4 Å². The Labute approximate surface area is 264 Å². The van der Waals surface area contributed by atoms with Crippen LogP contribution in [0.25, 0.3) is 0 Å². The molecule has 0 aliphatic rings. The lowest BCUT2D eigenvalue weighted by Crippen LogP contribution is -2.38. The maximum absolute atomic E-state index is 12.5. The molecular weight excluding hydrogens is 516 g/mol. The average Bonchev–Trinajstić information content (AvgIpc) is 2.97. The number of hydrogen-bond acceptors (Lipinski definition) is 2. The second-order valence-electron chi connectivity index (χ2n) is 13.5. The molecule has 2 N–H and O–H groups in total.